The molecule has 0 heterocycles. The van der Waals surface area contributed by atoms with Gasteiger partial charge in [0.1, 0.15) is 5.54 Å². The monoisotopic (exact) mass is 239 g/mol. The van der Waals surface area contributed by atoms with Gasteiger partial charge in [0.15, 0.2) is 0 Å². The zero-order chi connectivity index (χ0) is 13.7. The molecule has 2 N–H and O–H groups in total. The van der Waals surface area contributed by atoms with Gasteiger partial charge in [-0.3, -0.25) is 0 Å². The number of hydrogen-bond acceptors (Lipinski definition) is 3. The Bertz CT molecular complexity index is 262. The highest BCUT2D eigenvalue weighted by molar-refractivity contribution is 5.03. The van der Waals surface area contributed by atoms with Crippen molar-refractivity contribution in [2.75, 3.05) is 13.6 Å². The minimum Gasteiger partial charge on any atom is -0.313 e. The Balaban J connectivity index is 4.11. The molecule has 0 radical (unpaired) electrons. The van der Waals surface area contributed by atoms with Gasteiger partial charge in [-0.1, -0.05) is 27.7 Å². The lowest BCUT2D eigenvalue weighted by molar-refractivity contribution is 0.137. The highest BCUT2D eigenvalue weighted by atomic mass is 15.1. The summed E-state index contributed by atoms with van der Waals surface area (Å²) in [4.78, 5) is 2.35. The summed E-state index contributed by atoms with van der Waals surface area (Å²) in [5.74, 6) is 0. The van der Waals surface area contributed by atoms with Gasteiger partial charge >= 0.3 is 0 Å². The van der Waals surface area contributed by atoms with Crippen LogP contribution in [-0.4, -0.2) is 30.1 Å². The van der Waals surface area contributed by atoms with Crippen molar-refractivity contribution >= 4 is 0 Å². The van der Waals surface area contributed by atoms with Gasteiger partial charge in [-0.15, -0.1) is 0 Å². The molecular formula is C14H29N3. The predicted octanol–water partition coefficient (Wildman–Crippen LogP) is 2.76. The fourth-order valence-electron chi connectivity index (χ4n) is 1.81. The van der Waals surface area contributed by atoms with Crippen LogP contribution in [0.4, 0.5) is 0 Å². The van der Waals surface area contributed by atoms with E-state index in [-0.39, 0.29) is 5.41 Å². The lowest BCUT2D eigenvalue weighted by atomic mass is 9.86. The first kappa shape index (κ1) is 16.4. The molecular weight excluding hydrogens is 210 g/mol. The van der Waals surface area contributed by atoms with Crippen molar-refractivity contribution in [3.63, 3.8) is 0 Å². The largest absolute Gasteiger partial charge is 0.313 e. The Morgan fingerprint density at radius 2 is 1.88 bits per heavy atom. The average molecular weight is 239 g/mol. The van der Waals surface area contributed by atoms with Crippen LogP contribution < -0.4 is 5.73 Å². The molecule has 100 valence electrons. The van der Waals surface area contributed by atoms with Crippen LogP contribution in [0.15, 0.2) is 0 Å². The third-order valence-corrected chi connectivity index (χ3v) is 3.90. The number of nitriles is 1. The fraction of sp³-hybridized carbons (Fsp3) is 0.929. The Hall–Kier alpha value is -0.590. The highest BCUT2D eigenvalue weighted by Crippen LogP contribution is 2.23. The van der Waals surface area contributed by atoms with Crippen LogP contribution in [0, 0.1) is 16.7 Å². The molecule has 0 saturated heterocycles. The maximum Gasteiger partial charge on any atom is 0.104 e. The van der Waals surface area contributed by atoms with Crippen molar-refractivity contribution in [3.05, 3.63) is 0 Å². The van der Waals surface area contributed by atoms with Crippen LogP contribution in [-0.2, 0) is 0 Å². The summed E-state index contributed by atoms with van der Waals surface area (Å²) in [5, 5.41) is 9.00. The summed E-state index contributed by atoms with van der Waals surface area (Å²) >= 11 is 0. The minimum absolute atomic E-state index is 0.286. The Morgan fingerprint density at radius 1 is 1.35 bits per heavy atom. The van der Waals surface area contributed by atoms with Crippen molar-refractivity contribution in [1.29, 1.82) is 5.26 Å². The van der Waals surface area contributed by atoms with Crippen molar-refractivity contribution in [2.24, 2.45) is 11.1 Å². The Labute approximate surface area is 107 Å². The number of rotatable bonds is 6. The van der Waals surface area contributed by atoms with E-state index in [0.717, 1.165) is 25.8 Å². The molecule has 3 nitrogen and oxygen atoms in total. The molecule has 2 atom stereocenters. The van der Waals surface area contributed by atoms with Crippen molar-refractivity contribution < 1.29 is 0 Å². The first-order valence-corrected chi connectivity index (χ1v) is 6.56. The number of nitrogens with zero attached hydrogens (tertiary/aromatic N) is 2. The van der Waals surface area contributed by atoms with E-state index in [2.05, 4.69) is 45.7 Å². The first-order valence-electron chi connectivity index (χ1n) is 6.56. The molecule has 0 bridgehead atoms. The SMILES string of the molecule is CCC(N)(C#N)CCCN(C)C(C)C(C)(C)C. The summed E-state index contributed by atoms with van der Waals surface area (Å²) in [6.45, 7) is 12.0. The lowest BCUT2D eigenvalue weighted by Gasteiger charge is -2.35. The topological polar surface area (TPSA) is 53.1 Å². The van der Waals surface area contributed by atoms with Crippen molar-refractivity contribution in [2.45, 2.75) is 65.5 Å². The standard InChI is InChI=1S/C14H29N3/c1-7-14(16,11-15)9-8-10-17(6)12(2)13(3,4)5/h12H,7-10,16H2,1-6H3. The molecule has 0 fully saturated rings. The molecule has 2 unspecified atom stereocenters. The molecule has 0 spiro atoms. The summed E-state index contributed by atoms with van der Waals surface area (Å²) in [5.41, 5.74) is 5.62. The maximum atomic E-state index is 9.00. The molecule has 0 aromatic heterocycles. The van der Waals surface area contributed by atoms with Gasteiger partial charge in [-0.05, 0) is 45.2 Å². The van der Waals surface area contributed by atoms with E-state index in [4.69, 9.17) is 11.0 Å². The van der Waals surface area contributed by atoms with E-state index in [1.165, 1.54) is 0 Å². The minimum atomic E-state index is -0.633. The highest BCUT2D eigenvalue weighted by Gasteiger charge is 2.25. The van der Waals surface area contributed by atoms with E-state index in [0.29, 0.717) is 6.04 Å². The van der Waals surface area contributed by atoms with E-state index < -0.39 is 5.54 Å². The van der Waals surface area contributed by atoms with Gasteiger partial charge in [0.05, 0.1) is 6.07 Å². The van der Waals surface area contributed by atoms with Crippen molar-refractivity contribution in [1.82, 2.24) is 4.90 Å². The van der Waals surface area contributed by atoms with Crippen LogP contribution in [0.3, 0.4) is 0 Å². The molecule has 0 aliphatic carbocycles. The van der Waals surface area contributed by atoms with Gasteiger partial charge in [-0.2, -0.15) is 5.26 Å². The van der Waals surface area contributed by atoms with Crippen LogP contribution in [0.1, 0.15) is 53.9 Å². The summed E-state index contributed by atoms with van der Waals surface area (Å²) < 4.78 is 0. The third kappa shape index (κ3) is 5.52. The van der Waals surface area contributed by atoms with Gasteiger partial charge in [-0.25, -0.2) is 0 Å². The molecule has 0 aliphatic heterocycles. The molecule has 3 heteroatoms. The summed E-state index contributed by atoms with van der Waals surface area (Å²) in [7, 11) is 2.15. The smallest absolute Gasteiger partial charge is 0.104 e. The second-order valence-corrected chi connectivity index (χ2v) is 6.25. The molecule has 0 aliphatic rings. The van der Waals surface area contributed by atoms with Crippen LogP contribution in [0.25, 0.3) is 0 Å². The first-order chi connectivity index (χ1) is 7.66. The summed E-state index contributed by atoms with van der Waals surface area (Å²) in [6.07, 6.45) is 2.48. The van der Waals surface area contributed by atoms with Gasteiger partial charge in [0, 0.05) is 6.04 Å². The summed E-state index contributed by atoms with van der Waals surface area (Å²) in [6, 6.07) is 2.75. The normalized spacial score (nSPS) is 17.6. The van der Waals surface area contributed by atoms with Crippen LogP contribution >= 0.6 is 0 Å². The zero-order valence-electron chi connectivity index (χ0n) is 12.4. The molecule has 0 rings (SSSR count). The quantitative estimate of drug-likeness (QED) is 0.775. The predicted molar refractivity (Wildman–Crippen MR) is 73.6 cm³/mol. The molecule has 0 aromatic carbocycles. The third-order valence-electron chi connectivity index (χ3n) is 3.90. The Kier molecular flexibility index (Phi) is 6.15. The van der Waals surface area contributed by atoms with E-state index in [1.54, 1.807) is 0 Å². The molecule has 0 aromatic rings. The van der Waals surface area contributed by atoms with Crippen LogP contribution in [0.2, 0.25) is 0 Å². The molecule has 0 amide bonds. The molecule has 17 heavy (non-hydrogen) atoms. The number of hydrogen-bond donors (Lipinski definition) is 1. The van der Waals surface area contributed by atoms with E-state index in [1.807, 2.05) is 6.92 Å². The Morgan fingerprint density at radius 3 is 2.24 bits per heavy atom. The van der Waals surface area contributed by atoms with Gasteiger partial charge < -0.3 is 10.6 Å². The second-order valence-electron chi connectivity index (χ2n) is 6.25. The van der Waals surface area contributed by atoms with Crippen molar-refractivity contribution in [3.8, 4) is 6.07 Å². The van der Waals surface area contributed by atoms with Crippen LogP contribution in [0.5, 0.6) is 0 Å². The molecule has 0 saturated carbocycles. The second kappa shape index (κ2) is 6.37. The number of nitrogens with two attached hydrogens (primary N) is 1. The zero-order valence-corrected chi connectivity index (χ0v) is 12.4. The fourth-order valence-corrected chi connectivity index (χ4v) is 1.81. The lowest BCUT2D eigenvalue weighted by Crippen LogP contribution is -2.41. The van der Waals surface area contributed by atoms with E-state index >= 15 is 0 Å². The van der Waals surface area contributed by atoms with Gasteiger partial charge in [0.2, 0.25) is 0 Å². The average Bonchev–Trinajstić information content (AvgIpc) is 2.26. The van der Waals surface area contributed by atoms with E-state index in [9.17, 15) is 0 Å². The van der Waals surface area contributed by atoms with Gasteiger partial charge in [0.25, 0.3) is 0 Å². The maximum absolute atomic E-state index is 9.00.